The van der Waals surface area contributed by atoms with Gasteiger partial charge in [0.25, 0.3) is 0 Å². The van der Waals surface area contributed by atoms with Crippen LogP contribution < -0.4 is 26.9 Å². The maximum absolute atomic E-state index is 10.8. The van der Waals surface area contributed by atoms with E-state index in [1.165, 1.54) is 16.7 Å². The normalized spacial score (nSPS) is 24.0. The third-order valence-corrected chi connectivity index (χ3v) is 28.7. The number of aromatic nitrogens is 4. The van der Waals surface area contributed by atoms with Crippen LogP contribution in [0.5, 0.6) is 11.5 Å². The number of pyridine rings is 1. The first kappa shape index (κ1) is 35.3. The number of benzene rings is 11. The quantitative estimate of drug-likeness (QED) is 0.0737. The number of imidazole rings is 1. The number of para-hydroxylation sites is 3. The Hall–Kier alpha value is -9.33. The van der Waals surface area contributed by atoms with E-state index in [4.69, 9.17) is 30.6 Å². The Labute approximate surface area is 658 Å². The Bertz CT molecular complexity index is 7130. The molecule has 0 spiro atoms. The van der Waals surface area contributed by atoms with Crippen LogP contribution in [0.4, 0.5) is 0 Å². The van der Waals surface area contributed by atoms with Gasteiger partial charge in [0, 0.05) is 64.9 Å². The second kappa shape index (κ2) is 24.2. The SMILES string of the molecule is [2H]c1c([2H])c2c(c([2H])c1-c1cccc(-c3c([2H])c([2H])c4c(c3[2H])C(C([2H])([2H])[2H])(C([2H])([2H])[2H])C([2H])([2H])C([2H])([2H])C4(C([2H])([2H])[2H])C([2H])([2H])[2H])c1-[n+]1[c-]n(-c3[c-]c(Oc4[c-]c5c(cc4)c4ccccc4n5-c4cc(C(C)(C)C)ccn4)c[c]([Ge]([c]4ccccc4)([c]4ccccc4)[c]4ccccc4)c3)c3cc4oc5ccccc5c4cc31)C(C([2H])([2H])[2H])(C([2H])([2H])[2H])C([2H])([2H])C([2H])([2H])C2(C([2H])([2H])[2H])C([2H])([2H])[2H].[Pt]. The van der Waals surface area contributed by atoms with E-state index >= 15 is 0 Å². The van der Waals surface area contributed by atoms with Crippen molar-refractivity contribution in [1.29, 1.82) is 0 Å². The summed E-state index contributed by atoms with van der Waals surface area (Å²) in [7, 11) is 0. The van der Waals surface area contributed by atoms with Crippen molar-refractivity contribution in [2.45, 2.75) is 128 Å². The number of hydrogen-bond donors (Lipinski definition) is 0. The van der Waals surface area contributed by atoms with Gasteiger partial charge in [0.05, 0.1) is 0 Å². The van der Waals surface area contributed by atoms with E-state index < -0.39 is 202 Å². The average molecular weight is 1580 g/mol. The van der Waals surface area contributed by atoms with Crippen LogP contribution >= 0.6 is 0 Å². The van der Waals surface area contributed by atoms with E-state index in [-0.39, 0.29) is 71.3 Å². The number of hydrogen-bond acceptors (Lipinski definition) is 3. The van der Waals surface area contributed by atoms with Crippen molar-refractivity contribution in [2.75, 3.05) is 0 Å². The van der Waals surface area contributed by atoms with Gasteiger partial charge in [-0.05, 0) is 36.3 Å². The van der Waals surface area contributed by atoms with Crippen LogP contribution in [0.3, 0.4) is 0 Å². The third kappa shape index (κ3) is 10.8. The molecule has 2 aliphatic rings. The van der Waals surface area contributed by atoms with E-state index in [0.717, 1.165) is 57.8 Å². The summed E-state index contributed by atoms with van der Waals surface area (Å²) in [5.41, 5.74) is -30.5. The summed E-state index contributed by atoms with van der Waals surface area (Å²) >= 11 is -4.87. The minimum atomic E-state index is -4.92. The van der Waals surface area contributed by atoms with Gasteiger partial charge in [-0.3, -0.25) is 0 Å². The van der Waals surface area contributed by atoms with E-state index in [9.17, 15) is 35.6 Å². The number of nitrogens with zero attached hydrogens (tertiary/aromatic N) is 4. The fourth-order valence-electron chi connectivity index (χ4n) is 14.0. The molecule has 0 amide bonds. The molecular formula is C92H82GeN4O2Pt-2. The average Bonchev–Trinajstić information content (AvgIpc) is 0.735. The number of rotatable bonds is 11. The molecule has 17 rings (SSSR count). The number of furan rings is 1. The molecule has 4 aromatic heterocycles. The molecule has 0 aliphatic heterocycles. The van der Waals surface area contributed by atoms with Gasteiger partial charge in [-0.25, -0.2) is 0 Å². The summed E-state index contributed by atoms with van der Waals surface area (Å²) < 4.78 is 385. The predicted molar refractivity (Wildman–Crippen MR) is 411 cm³/mol. The Balaban J connectivity index is 0.0000138. The second-order valence-electron chi connectivity index (χ2n) is 26.1. The van der Waals surface area contributed by atoms with Gasteiger partial charge >= 0.3 is 484 Å². The van der Waals surface area contributed by atoms with Crippen LogP contribution in [0.15, 0.2) is 253 Å². The molecule has 2 aliphatic carbocycles. The molecule has 0 radical (unpaired) electrons. The van der Waals surface area contributed by atoms with Gasteiger partial charge in [-0.15, -0.1) is 0 Å². The number of fused-ring (bicyclic) bond motifs is 9. The maximum atomic E-state index is 10.8. The minimum Gasteiger partial charge on any atom is -0.0558 e. The first-order valence-electron chi connectivity index (χ1n) is 50.9. The smallest absolute Gasteiger partial charge is 0.0558 e. The molecule has 0 fully saturated rings. The summed E-state index contributed by atoms with van der Waals surface area (Å²) in [6, 6.07) is 55.9. The van der Waals surface area contributed by atoms with Gasteiger partial charge in [0.2, 0.25) is 0 Å². The summed E-state index contributed by atoms with van der Waals surface area (Å²) in [5.74, 6) is 0.574. The van der Waals surface area contributed by atoms with E-state index in [2.05, 4.69) is 39.2 Å². The Morgan fingerprint density at radius 3 is 1.67 bits per heavy atom. The van der Waals surface area contributed by atoms with Crippen LogP contribution in [-0.4, -0.2) is 27.4 Å². The van der Waals surface area contributed by atoms with Crippen LogP contribution in [0, 0.1) is 18.5 Å². The molecule has 100 heavy (non-hydrogen) atoms. The molecule has 15 aromatic rings. The minimum absolute atomic E-state index is 0. The molecule has 0 unspecified atom stereocenters. The van der Waals surface area contributed by atoms with Crippen molar-refractivity contribution >= 4 is 85.6 Å². The molecule has 0 atom stereocenters. The van der Waals surface area contributed by atoms with Crippen LogP contribution in [0.25, 0.3) is 94.2 Å². The van der Waals surface area contributed by atoms with Crippen molar-refractivity contribution in [3.05, 3.63) is 295 Å². The molecule has 0 saturated heterocycles. The van der Waals surface area contributed by atoms with Gasteiger partial charge < -0.3 is 0 Å². The van der Waals surface area contributed by atoms with Crippen molar-refractivity contribution in [1.82, 2.24) is 14.1 Å². The van der Waals surface area contributed by atoms with Gasteiger partial charge in [-0.1, -0.05) is 75.6 Å². The van der Waals surface area contributed by atoms with Gasteiger partial charge in [-0.2, -0.15) is 0 Å². The molecular weight excluding hydrogens is 1460 g/mol. The monoisotopic (exact) mass is 1580 g/mol. The van der Waals surface area contributed by atoms with E-state index in [0.29, 0.717) is 21.1 Å². The Kier molecular flexibility index (Phi) is 8.55. The molecule has 11 aromatic carbocycles. The third-order valence-electron chi connectivity index (χ3n) is 18.7. The molecule has 4 heterocycles. The zero-order valence-electron chi connectivity index (χ0n) is 91.6. The second-order valence-corrected chi connectivity index (χ2v) is 34.1. The van der Waals surface area contributed by atoms with Crippen LogP contribution in [0.2, 0.25) is 0 Å². The van der Waals surface area contributed by atoms with Crippen molar-refractivity contribution in [3.63, 3.8) is 0 Å². The van der Waals surface area contributed by atoms with Crippen molar-refractivity contribution < 1.29 is 86.9 Å². The fraction of sp³-hybridized carbons (Fsp3) is 0.217. The summed E-state index contributed by atoms with van der Waals surface area (Å²) in [4.78, 5) is 4.90. The van der Waals surface area contributed by atoms with Gasteiger partial charge in [0.1, 0.15) is 0 Å². The molecule has 0 bridgehead atoms. The topological polar surface area (TPSA) is 49.0 Å². The van der Waals surface area contributed by atoms with Crippen LogP contribution in [0.1, 0.15) is 181 Å². The summed E-state index contributed by atoms with van der Waals surface area (Å²) in [6.45, 7) is -30.7. The molecule has 6 nitrogen and oxygen atoms in total. The summed E-state index contributed by atoms with van der Waals surface area (Å²) in [6.07, 6.45) is -14.5. The number of ether oxygens (including phenoxy) is 1. The Morgan fingerprint density at radius 1 is 0.520 bits per heavy atom. The molecule has 8 heteroatoms. The zero-order chi connectivity index (χ0) is 100. The first-order valence-corrected chi connectivity index (χ1v) is 36.1. The van der Waals surface area contributed by atoms with Gasteiger partial charge in [0.15, 0.2) is 0 Å². The molecule has 498 valence electrons. The van der Waals surface area contributed by atoms with Crippen LogP contribution in [-0.2, 0) is 48.1 Å². The zero-order valence-corrected chi connectivity index (χ0v) is 58.0. The van der Waals surface area contributed by atoms with E-state index in [1.54, 1.807) is 42.6 Å². The summed E-state index contributed by atoms with van der Waals surface area (Å²) in [5, 5.41) is 2.10. The van der Waals surface area contributed by atoms with E-state index in [1.807, 2.05) is 144 Å². The molecule has 0 N–H and O–H groups in total. The fourth-order valence-corrected chi connectivity index (χ4v) is 24.0. The van der Waals surface area contributed by atoms with Crippen molar-refractivity contribution in [2.24, 2.45) is 0 Å². The Morgan fingerprint density at radius 2 is 1.08 bits per heavy atom. The first-order chi connectivity index (χ1) is 63.3. The standard InChI is InChI=1S/C92H82GeN4O2.Pt/c1-88(2,3)62-44-49-94-86(52-62)97-80-36-23-21-32-72(80)73-41-40-68(56-81(73)97)98-69-54-66(93(63-26-15-12-16-27-63,64-28-17-13-18-29-64)65-30-19-14-20-31-65)53-67(55-69)95-59-96(82-57-75-74-33-22-24-37-84(74)99-85(75)58-83(82)95)87-70(60-38-42-76-78(50-60)91(8,9)47-45-89(76,4)5)34-25-35-71(87)61-39-43-77-79(51-61)92(10,11)48-46-90(77,6)7;/h12-44,49-54,57-58H,45-48H2,1-11H3;/q-2;/i4D3,5D3,6D3,7D3,8D3,9D3,10D3,11D3,38D,39D,42D,43D,45D2,46D2,47D2,48D2,50D,51D;. The molecule has 0 saturated carbocycles. The van der Waals surface area contributed by atoms with Crippen molar-refractivity contribution in [3.8, 4) is 50.9 Å². The predicted octanol–water partition coefficient (Wildman–Crippen LogP) is 20.2.